The first-order chi connectivity index (χ1) is 17.9. The third-order valence-electron chi connectivity index (χ3n) is 8.58. The van der Waals surface area contributed by atoms with Crippen molar-refractivity contribution in [3.05, 3.63) is 34.5 Å². The van der Waals surface area contributed by atoms with Gasteiger partial charge in [-0.2, -0.15) is 5.26 Å². The average Bonchev–Trinajstić information content (AvgIpc) is 3.46. The number of nitriles is 1. The number of thiophene rings is 1. The predicted octanol–water partition coefficient (Wildman–Crippen LogP) is 7.18. The number of nitrogens with zero attached hydrogens (tertiary/aromatic N) is 4. The molecule has 2 heterocycles. The summed E-state index contributed by atoms with van der Waals surface area (Å²) in [6.07, 6.45) is 14.8. The lowest BCUT2D eigenvalue weighted by atomic mass is 9.69. The quantitative estimate of drug-likeness (QED) is 0.241. The maximum Gasteiger partial charge on any atom is 0.235 e. The Bertz CT molecular complexity index is 1140. The standard InChI is InChI=1S/C29H41N5OS2/c1-5-16-34-25(15-12-20-10-8-7-9-11-20)32-33-28(34)36-19-26(35)31-27-23(18-30)22-14-13-21(17-24(22)37-27)29(3,4)6-2/h5,20-21H,1,6-17,19H2,2-4H3,(H,31,35). The van der Waals surface area contributed by atoms with E-state index in [1.54, 1.807) is 11.3 Å². The van der Waals surface area contributed by atoms with E-state index in [1.165, 1.54) is 48.7 Å². The highest BCUT2D eigenvalue weighted by Gasteiger charge is 2.34. The smallest absolute Gasteiger partial charge is 0.235 e. The SMILES string of the molecule is C=CCn1c(CCC2CCCCC2)nnc1SCC(=O)Nc1sc2c(c1C#N)CCC(C(C)(C)CC)C2. The lowest BCUT2D eigenvalue weighted by Crippen LogP contribution is -2.28. The van der Waals surface area contributed by atoms with E-state index in [0.29, 0.717) is 23.0 Å². The minimum atomic E-state index is -0.109. The molecule has 0 aliphatic heterocycles. The van der Waals surface area contributed by atoms with Gasteiger partial charge in [-0.05, 0) is 48.5 Å². The van der Waals surface area contributed by atoms with Crippen molar-refractivity contribution in [1.82, 2.24) is 14.8 Å². The van der Waals surface area contributed by atoms with Crippen LogP contribution in [0.2, 0.25) is 0 Å². The van der Waals surface area contributed by atoms with Crippen LogP contribution in [0.4, 0.5) is 5.00 Å². The zero-order valence-corrected chi connectivity index (χ0v) is 24.3. The van der Waals surface area contributed by atoms with Gasteiger partial charge in [-0.25, -0.2) is 0 Å². The van der Waals surface area contributed by atoms with Crippen LogP contribution in [0.25, 0.3) is 0 Å². The van der Waals surface area contributed by atoms with Crippen LogP contribution in [0.5, 0.6) is 0 Å². The Balaban J connectivity index is 1.38. The van der Waals surface area contributed by atoms with Crippen molar-refractivity contribution >= 4 is 34.0 Å². The van der Waals surface area contributed by atoms with E-state index in [0.717, 1.165) is 61.0 Å². The third-order valence-corrected chi connectivity index (χ3v) is 10.7. The zero-order chi connectivity index (χ0) is 26.4. The van der Waals surface area contributed by atoms with Crippen molar-refractivity contribution in [2.24, 2.45) is 17.3 Å². The van der Waals surface area contributed by atoms with Crippen LogP contribution in [0.1, 0.15) is 94.0 Å². The maximum absolute atomic E-state index is 12.9. The topological polar surface area (TPSA) is 83.6 Å². The molecule has 1 saturated carbocycles. The van der Waals surface area contributed by atoms with E-state index >= 15 is 0 Å². The molecule has 0 bridgehead atoms. The van der Waals surface area contributed by atoms with Gasteiger partial charge in [0.1, 0.15) is 16.9 Å². The second-order valence-corrected chi connectivity index (χ2v) is 13.3. The van der Waals surface area contributed by atoms with Crippen LogP contribution in [-0.2, 0) is 30.6 Å². The first kappa shape index (κ1) is 27.9. The molecule has 1 atom stereocenters. The third kappa shape index (κ3) is 6.67. The Labute approximate surface area is 230 Å². The van der Waals surface area contributed by atoms with Crippen LogP contribution < -0.4 is 5.32 Å². The Morgan fingerprint density at radius 2 is 2.08 bits per heavy atom. The number of rotatable bonds is 11. The number of hydrogen-bond donors (Lipinski definition) is 1. The first-order valence-corrected chi connectivity index (χ1v) is 15.7. The number of thioether (sulfide) groups is 1. The minimum absolute atomic E-state index is 0.109. The molecule has 1 N–H and O–H groups in total. The second kappa shape index (κ2) is 12.6. The summed E-state index contributed by atoms with van der Waals surface area (Å²) in [7, 11) is 0. The molecule has 2 aliphatic carbocycles. The molecule has 0 spiro atoms. The van der Waals surface area contributed by atoms with Crippen LogP contribution in [0.3, 0.4) is 0 Å². The van der Waals surface area contributed by atoms with Crippen molar-refractivity contribution < 1.29 is 4.79 Å². The molecule has 200 valence electrons. The highest BCUT2D eigenvalue weighted by Crippen LogP contribution is 2.45. The highest BCUT2D eigenvalue weighted by atomic mass is 32.2. The average molecular weight is 540 g/mol. The molecule has 6 nitrogen and oxygen atoms in total. The Kier molecular flexibility index (Phi) is 9.52. The highest BCUT2D eigenvalue weighted by molar-refractivity contribution is 7.99. The number of carbonyl (C=O) groups excluding carboxylic acids is 1. The molecule has 2 aromatic heterocycles. The normalized spacial score (nSPS) is 18.3. The molecule has 1 fully saturated rings. The van der Waals surface area contributed by atoms with Crippen molar-refractivity contribution in [2.45, 2.75) is 103 Å². The summed E-state index contributed by atoms with van der Waals surface area (Å²) in [4.78, 5) is 14.2. The van der Waals surface area contributed by atoms with E-state index in [-0.39, 0.29) is 17.1 Å². The van der Waals surface area contributed by atoms with Gasteiger partial charge < -0.3 is 9.88 Å². The molecule has 1 unspecified atom stereocenters. The molecular weight excluding hydrogens is 498 g/mol. The number of hydrogen-bond acceptors (Lipinski definition) is 6. The summed E-state index contributed by atoms with van der Waals surface area (Å²) in [6.45, 7) is 11.5. The van der Waals surface area contributed by atoms with Gasteiger partial charge in [-0.3, -0.25) is 4.79 Å². The van der Waals surface area contributed by atoms with Crippen molar-refractivity contribution in [3.8, 4) is 6.07 Å². The Morgan fingerprint density at radius 1 is 1.30 bits per heavy atom. The first-order valence-electron chi connectivity index (χ1n) is 13.9. The van der Waals surface area contributed by atoms with Crippen LogP contribution in [0, 0.1) is 28.6 Å². The summed E-state index contributed by atoms with van der Waals surface area (Å²) < 4.78 is 2.09. The van der Waals surface area contributed by atoms with E-state index in [4.69, 9.17) is 0 Å². The molecule has 0 radical (unpaired) electrons. The van der Waals surface area contributed by atoms with Crippen LogP contribution in [0.15, 0.2) is 17.8 Å². The number of amides is 1. The number of carbonyl (C=O) groups is 1. The van der Waals surface area contributed by atoms with Gasteiger partial charge in [-0.1, -0.05) is 77.1 Å². The molecule has 0 saturated heterocycles. The number of anilines is 1. The molecular formula is C29H41N5OS2. The summed E-state index contributed by atoms with van der Waals surface area (Å²) in [5, 5.41) is 23.2. The lowest BCUT2D eigenvalue weighted by molar-refractivity contribution is -0.113. The Hall–Kier alpha value is -2.11. The van der Waals surface area contributed by atoms with Crippen molar-refractivity contribution in [2.75, 3.05) is 11.1 Å². The van der Waals surface area contributed by atoms with Gasteiger partial charge in [0.2, 0.25) is 5.91 Å². The predicted molar refractivity (Wildman–Crippen MR) is 153 cm³/mol. The fraction of sp³-hybridized carbons (Fsp3) is 0.655. The number of aryl methyl sites for hydroxylation is 1. The van der Waals surface area contributed by atoms with Crippen LogP contribution in [-0.4, -0.2) is 26.4 Å². The van der Waals surface area contributed by atoms with Gasteiger partial charge in [0.15, 0.2) is 5.16 Å². The molecule has 2 aliphatic rings. The maximum atomic E-state index is 12.9. The number of nitrogens with one attached hydrogen (secondary N) is 1. The summed E-state index contributed by atoms with van der Waals surface area (Å²) >= 11 is 3.00. The summed E-state index contributed by atoms with van der Waals surface area (Å²) in [6, 6.07) is 2.37. The molecule has 0 aromatic carbocycles. The summed E-state index contributed by atoms with van der Waals surface area (Å²) in [5.41, 5.74) is 2.09. The number of allylic oxidation sites excluding steroid dienone is 1. The lowest BCUT2D eigenvalue weighted by Gasteiger charge is -2.36. The van der Waals surface area contributed by atoms with E-state index in [9.17, 15) is 10.1 Å². The van der Waals surface area contributed by atoms with Crippen LogP contribution >= 0.6 is 23.1 Å². The number of fused-ring (bicyclic) bond motifs is 1. The van der Waals surface area contributed by atoms with E-state index in [1.807, 2.05) is 6.08 Å². The fourth-order valence-corrected chi connectivity index (χ4v) is 7.83. The van der Waals surface area contributed by atoms with Gasteiger partial charge in [0, 0.05) is 17.8 Å². The molecule has 1 amide bonds. The van der Waals surface area contributed by atoms with Gasteiger partial charge in [0.25, 0.3) is 0 Å². The van der Waals surface area contributed by atoms with Crippen molar-refractivity contribution in [3.63, 3.8) is 0 Å². The van der Waals surface area contributed by atoms with Gasteiger partial charge >= 0.3 is 0 Å². The Morgan fingerprint density at radius 3 is 2.78 bits per heavy atom. The second-order valence-electron chi connectivity index (χ2n) is 11.3. The largest absolute Gasteiger partial charge is 0.316 e. The zero-order valence-electron chi connectivity index (χ0n) is 22.6. The van der Waals surface area contributed by atoms with E-state index < -0.39 is 0 Å². The molecule has 8 heteroatoms. The van der Waals surface area contributed by atoms with Gasteiger partial charge in [0.05, 0.1) is 11.3 Å². The van der Waals surface area contributed by atoms with Crippen molar-refractivity contribution in [1.29, 1.82) is 5.26 Å². The molecule has 37 heavy (non-hydrogen) atoms. The van der Waals surface area contributed by atoms with E-state index in [2.05, 4.69) is 53.5 Å². The monoisotopic (exact) mass is 539 g/mol. The van der Waals surface area contributed by atoms with Gasteiger partial charge in [-0.15, -0.1) is 28.1 Å². The molecule has 2 aromatic rings. The number of aromatic nitrogens is 3. The fourth-order valence-electron chi connectivity index (χ4n) is 5.77. The molecule has 4 rings (SSSR count). The minimum Gasteiger partial charge on any atom is -0.316 e. The summed E-state index contributed by atoms with van der Waals surface area (Å²) in [5.74, 6) is 2.51.